The molecule has 5 nitrogen and oxygen atoms in total. The average Bonchev–Trinajstić information content (AvgIpc) is 2.16. The minimum Gasteiger partial charge on any atom is -0.377 e. The van der Waals surface area contributed by atoms with Crippen molar-refractivity contribution in [2.24, 2.45) is 0 Å². The van der Waals surface area contributed by atoms with Crippen molar-refractivity contribution < 1.29 is 14.3 Å². The molecule has 0 saturated carbocycles. The molecule has 1 aliphatic heterocycles. The molecule has 0 bridgehead atoms. The topological polar surface area (TPSA) is 58.6 Å². The number of carbonyl (C=O) groups excluding carboxylic acids is 2. The van der Waals surface area contributed by atoms with E-state index < -0.39 is 0 Å². The molecule has 1 aliphatic rings. The summed E-state index contributed by atoms with van der Waals surface area (Å²) in [5, 5.41) is 2.63. The van der Waals surface area contributed by atoms with Crippen LogP contribution in [0.25, 0.3) is 0 Å². The fraction of sp³-hybridized carbons (Fsp3) is 0.818. The van der Waals surface area contributed by atoms with Crippen LogP contribution in [0.2, 0.25) is 0 Å². The molecule has 5 heteroatoms. The highest BCUT2D eigenvalue weighted by Crippen LogP contribution is 2.14. The van der Waals surface area contributed by atoms with Crippen LogP contribution in [0, 0.1) is 0 Å². The predicted octanol–water partition coefficient (Wildman–Crippen LogP) is 0.148. The van der Waals surface area contributed by atoms with Gasteiger partial charge in [0.2, 0.25) is 11.8 Å². The van der Waals surface area contributed by atoms with Gasteiger partial charge in [-0.25, -0.2) is 0 Å². The minimum absolute atomic E-state index is 0.0806. The Morgan fingerprint density at radius 1 is 1.31 bits per heavy atom. The summed E-state index contributed by atoms with van der Waals surface area (Å²) in [6, 6.07) is 0.238. The van der Waals surface area contributed by atoms with Crippen molar-refractivity contribution in [2.45, 2.75) is 39.3 Å². The molecule has 1 saturated heterocycles. The summed E-state index contributed by atoms with van der Waals surface area (Å²) in [4.78, 5) is 24.4. The second kappa shape index (κ2) is 5.84. The highest BCUT2D eigenvalue weighted by atomic mass is 16.5. The summed E-state index contributed by atoms with van der Waals surface area (Å²) >= 11 is 0. The molecular weight excluding hydrogens is 208 g/mol. The zero-order valence-corrected chi connectivity index (χ0v) is 10.2. The molecule has 2 atom stereocenters. The number of rotatable bonds is 3. The molecule has 0 spiro atoms. The fourth-order valence-corrected chi connectivity index (χ4v) is 1.97. The maximum Gasteiger partial charge on any atom is 0.224 e. The Bertz CT molecular complexity index is 258. The van der Waals surface area contributed by atoms with Gasteiger partial charge in [-0.3, -0.25) is 9.59 Å². The summed E-state index contributed by atoms with van der Waals surface area (Å²) < 4.78 is 5.35. The molecule has 0 aromatic rings. The van der Waals surface area contributed by atoms with Crippen LogP contribution < -0.4 is 5.32 Å². The molecule has 92 valence electrons. The lowest BCUT2D eigenvalue weighted by molar-refractivity contribution is -0.144. The Balaban J connectivity index is 2.41. The second-order valence-corrected chi connectivity index (χ2v) is 4.27. The molecule has 0 aromatic heterocycles. The van der Waals surface area contributed by atoms with Crippen LogP contribution in [0.4, 0.5) is 0 Å². The molecule has 1 rings (SSSR count). The lowest BCUT2D eigenvalue weighted by Gasteiger charge is -2.38. The Morgan fingerprint density at radius 2 is 1.88 bits per heavy atom. The quantitative estimate of drug-likeness (QED) is 0.748. The van der Waals surface area contributed by atoms with E-state index in [2.05, 4.69) is 5.32 Å². The molecular formula is C11H20N2O3. The normalized spacial score (nSPS) is 25.3. The molecule has 1 fully saturated rings. The maximum absolute atomic E-state index is 11.9. The number of hydrogen-bond acceptors (Lipinski definition) is 3. The van der Waals surface area contributed by atoms with Crippen molar-refractivity contribution >= 4 is 11.8 Å². The summed E-state index contributed by atoms with van der Waals surface area (Å²) in [5.41, 5.74) is 0. The molecule has 0 aromatic carbocycles. The van der Waals surface area contributed by atoms with Crippen molar-refractivity contribution in [1.82, 2.24) is 10.2 Å². The van der Waals surface area contributed by atoms with Crippen molar-refractivity contribution in [3.63, 3.8) is 0 Å². The van der Waals surface area contributed by atoms with Crippen LogP contribution in [0.3, 0.4) is 0 Å². The average molecular weight is 228 g/mol. The first kappa shape index (κ1) is 13.0. The third-order valence-corrected chi connectivity index (χ3v) is 2.67. The largest absolute Gasteiger partial charge is 0.377 e. The smallest absolute Gasteiger partial charge is 0.224 e. The van der Waals surface area contributed by atoms with Gasteiger partial charge in [-0.05, 0) is 13.8 Å². The first-order chi connectivity index (χ1) is 7.52. The van der Waals surface area contributed by atoms with Gasteiger partial charge in [0, 0.05) is 19.9 Å². The van der Waals surface area contributed by atoms with Crippen LogP contribution in [0.5, 0.6) is 0 Å². The van der Waals surface area contributed by atoms with Crippen LogP contribution >= 0.6 is 0 Å². The van der Waals surface area contributed by atoms with Crippen LogP contribution in [0.15, 0.2) is 0 Å². The number of morpholine rings is 1. The maximum atomic E-state index is 11.9. The third-order valence-electron chi connectivity index (χ3n) is 2.67. The van der Waals surface area contributed by atoms with Gasteiger partial charge in [-0.2, -0.15) is 0 Å². The van der Waals surface area contributed by atoms with Gasteiger partial charge in [0.05, 0.1) is 25.3 Å². The zero-order chi connectivity index (χ0) is 12.1. The number of ether oxygens (including phenoxy) is 1. The summed E-state index contributed by atoms with van der Waals surface area (Å²) in [6.07, 6.45) is 0.355. The standard InChI is InChI=1S/C11H20N2O3/c1-8-6-16-7-9(2)13(8)11(15)4-5-12-10(3)14/h8-9H,4-7H2,1-3H3,(H,12,14). The van der Waals surface area contributed by atoms with Crippen molar-refractivity contribution in [1.29, 1.82) is 0 Å². The summed E-state index contributed by atoms with van der Waals surface area (Å²) in [6.45, 7) is 7.00. The Morgan fingerprint density at radius 3 is 2.38 bits per heavy atom. The van der Waals surface area contributed by atoms with E-state index in [1.165, 1.54) is 6.92 Å². The van der Waals surface area contributed by atoms with E-state index in [1.807, 2.05) is 18.7 Å². The molecule has 16 heavy (non-hydrogen) atoms. The second-order valence-electron chi connectivity index (χ2n) is 4.27. The van der Waals surface area contributed by atoms with Crippen molar-refractivity contribution in [2.75, 3.05) is 19.8 Å². The fourth-order valence-electron chi connectivity index (χ4n) is 1.97. The zero-order valence-electron chi connectivity index (χ0n) is 10.2. The van der Waals surface area contributed by atoms with Gasteiger partial charge in [0.1, 0.15) is 0 Å². The third kappa shape index (κ3) is 3.48. The van der Waals surface area contributed by atoms with E-state index in [9.17, 15) is 9.59 Å². The SMILES string of the molecule is CC(=O)NCCC(=O)N1C(C)COCC1C. The van der Waals surface area contributed by atoms with E-state index in [1.54, 1.807) is 0 Å². The van der Waals surface area contributed by atoms with Gasteiger partial charge < -0.3 is 15.0 Å². The number of nitrogens with zero attached hydrogens (tertiary/aromatic N) is 1. The van der Waals surface area contributed by atoms with Gasteiger partial charge in [-0.15, -0.1) is 0 Å². The summed E-state index contributed by atoms with van der Waals surface area (Å²) in [5.74, 6) is -0.0204. The molecule has 2 unspecified atom stereocenters. The highest BCUT2D eigenvalue weighted by molar-refractivity contribution is 5.78. The number of carbonyl (C=O) groups is 2. The molecule has 2 amide bonds. The number of nitrogens with one attached hydrogen (secondary N) is 1. The molecule has 1 N–H and O–H groups in total. The Labute approximate surface area is 96.1 Å². The summed E-state index contributed by atoms with van der Waals surface area (Å²) in [7, 11) is 0. The van der Waals surface area contributed by atoms with E-state index in [0.29, 0.717) is 26.2 Å². The van der Waals surface area contributed by atoms with E-state index in [0.717, 1.165) is 0 Å². The highest BCUT2D eigenvalue weighted by Gasteiger charge is 2.28. The van der Waals surface area contributed by atoms with Gasteiger partial charge in [-0.1, -0.05) is 0 Å². The van der Waals surface area contributed by atoms with Crippen molar-refractivity contribution in [3.8, 4) is 0 Å². The molecule has 0 radical (unpaired) electrons. The first-order valence-electron chi connectivity index (χ1n) is 5.65. The van der Waals surface area contributed by atoms with Crippen LogP contribution in [-0.4, -0.2) is 48.6 Å². The monoisotopic (exact) mass is 228 g/mol. The first-order valence-corrected chi connectivity index (χ1v) is 5.65. The van der Waals surface area contributed by atoms with E-state index in [4.69, 9.17) is 4.74 Å². The predicted molar refractivity (Wildman–Crippen MR) is 59.9 cm³/mol. The number of amides is 2. The van der Waals surface area contributed by atoms with Gasteiger partial charge in [0.25, 0.3) is 0 Å². The minimum atomic E-state index is -0.101. The Hall–Kier alpha value is -1.10. The van der Waals surface area contributed by atoms with Crippen LogP contribution in [0.1, 0.15) is 27.2 Å². The van der Waals surface area contributed by atoms with Gasteiger partial charge in [0.15, 0.2) is 0 Å². The van der Waals surface area contributed by atoms with E-state index in [-0.39, 0.29) is 23.9 Å². The molecule has 0 aliphatic carbocycles. The lowest BCUT2D eigenvalue weighted by Crippen LogP contribution is -2.52. The number of hydrogen-bond donors (Lipinski definition) is 1. The van der Waals surface area contributed by atoms with Gasteiger partial charge >= 0.3 is 0 Å². The molecule has 1 heterocycles. The van der Waals surface area contributed by atoms with E-state index >= 15 is 0 Å². The Kier molecular flexibility index (Phi) is 4.73. The van der Waals surface area contributed by atoms with Crippen LogP contribution in [-0.2, 0) is 14.3 Å². The lowest BCUT2D eigenvalue weighted by atomic mass is 10.1. The van der Waals surface area contributed by atoms with Crippen molar-refractivity contribution in [3.05, 3.63) is 0 Å².